The van der Waals surface area contributed by atoms with E-state index in [-0.39, 0.29) is 0 Å². The average Bonchev–Trinajstić information content (AvgIpc) is 2.57. The van der Waals surface area contributed by atoms with Gasteiger partial charge in [-0.15, -0.1) is 0 Å². The molecule has 1 aliphatic rings. The monoisotopic (exact) mass is 269 g/mol. The second kappa shape index (κ2) is 10.6. The molecule has 1 saturated heterocycles. The minimum atomic E-state index is 0.779. The van der Waals surface area contributed by atoms with Crippen molar-refractivity contribution in [2.45, 2.75) is 46.0 Å². The van der Waals surface area contributed by atoms with Crippen molar-refractivity contribution < 1.29 is 0 Å². The van der Waals surface area contributed by atoms with E-state index in [2.05, 4.69) is 36.0 Å². The van der Waals surface area contributed by atoms with Crippen LogP contribution in [0.1, 0.15) is 46.0 Å². The molecule has 0 bridgehead atoms. The van der Waals surface area contributed by atoms with Gasteiger partial charge in [0.25, 0.3) is 0 Å². The maximum Gasteiger partial charge on any atom is 0.0109 e. The molecule has 0 radical (unpaired) electrons. The summed E-state index contributed by atoms with van der Waals surface area (Å²) in [6.07, 6.45) is 6.85. The van der Waals surface area contributed by atoms with Gasteiger partial charge >= 0.3 is 0 Å². The molecule has 1 rings (SSSR count). The van der Waals surface area contributed by atoms with Crippen LogP contribution < -0.4 is 5.32 Å². The quantitative estimate of drug-likeness (QED) is 0.649. The van der Waals surface area contributed by atoms with Crippen molar-refractivity contribution in [2.75, 3.05) is 52.9 Å². The minimum absolute atomic E-state index is 0.779. The predicted molar refractivity (Wildman–Crippen MR) is 84.7 cm³/mol. The van der Waals surface area contributed by atoms with Crippen LogP contribution in [0, 0.1) is 5.92 Å². The van der Waals surface area contributed by atoms with Crippen LogP contribution in [-0.2, 0) is 0 Å². The zero-order valence-electron chi connectivity index (χ0n) is 13.5. The fraction of sp³-hybridized carbons (Fsp3) is 1.00. The van der Waals surface area contributed by atoms with Crippen LogP contribution in [0.25, 0.3) is 0 Å². The first-order valence-electron chi connectivity index (χ1n) is 8.30. The van der Waals surface area contributed by atoms with Gasteiger partial charge in [0, 0.05) is 13.1 Å². The maximum absolute atomic E-state index is 3.52. The van der Waals surface area contributed by atoms with E-state index >= 15 is 0 Å². The molecule has 1 fully saturated rings. The number of hydrogen-bond acceptors (Lipinski definition) is 3. The average molecular weight is 269 g/mol. The highest BCUT2D eigenvalue weighted by Crippen LogP contribution is 2.05. The van der Waals surface area contributed by atoms with E-state index in [0.29, 0.717) is 0 Å². The molecule has 3 nitrogen and oxygen atoms in total. The predicted octanol–water partition coefficient (Wildman–Crippen LogP) is 2.43. The Morgan fingerprint density at radius 2 is 1.74 bits per heavy atom. The molecule has 0 saturated carbocycles. The lowest BCUT2D eigenvalue weighted by atomic mass is 10.1. The van der Waals surface area contributed by atoms with Gasteiger partial charge in [0.15, 0.2) is 0 Å². The largest absolute Gasteiger partial charge is 0.316 e. The number of nitrogens with one attached hydrogen (secondary N) is 1. The maximum atomic E-state index is 3.52. The van der Waals surface area contributed by atoms with E-state index in [1.807, 2.05) is 0 Å². The molecule has 0 aliphatic carbocycles. The highest BCUT2D eigenvalue weighted by molar-refractivity contribution is 4.67. The Labute approximate surface area is 120 Å². The van der Waals surface area contributed by atoms with Crippen molar-refractivity contribution in [3.8, 4) is 0 Å². The van der Waals surface area contributed by atoms with Crippen molar-refractivity contribution in [3.63, 3.8) is 0 Å². The Hall–Kier alpha value is -0.120. The highest BCUT2D eigenvalue weighted by Gasteiger charge is 2.10. The Kier molecular flexibility index (Phi) is 9.48. The fourth-order valence-electron chi connectivity index (χ4n) is 2.65. The Morgan fingerprint density at radius 3 is 2.53 bits per heavy atom. The van der Waals surface area contributed by atoms with Crippen molar-refractivity contribution in [1.29, 1.82) is 0 Å². The first-order valence-corrected chi connectivity index (χ1v) is 8.30. The molecule has 0 atom stereocenters. The van der Waals surface area contributed by atoms with Crippen LogP contribution in [0.4, 0.5) is 0 Å². The third kappa shape index (κ3) is 9.42. The lowest BCUT2D eigenvalue weighted by molar-refractivity contribution is 0.270. The number of hydrogen-bond donors (Lipinski definition) is 1. The Balaban J connectivity index is 1.87. The van der Waals surface area contributed by atoms with Crippen LogP contribution >= 0.6 is 0 Å². The summed E-state index contributed by atoms with van der Waals surface area (Å²) < 4.78 is 0. The molecule has 0 spiro atoms. The van der Waals surface area contributed by atoms with Crippen LogP contribution in [0.3, 0.4) is 0 Å². The van der Waals surface area contributed by atoms with E-state index in [4.69, 9.17) is 0 Å². The fourth-order valence-corrected chi connectivity index (χ4v) is 2.65. The molecule has 1 aliphatic heterocycles. The lowest BCUT2D eigenvalue weighted by Crippen LogP contribution is -2.29. The number of nitrogens with zero attached hydrogens (tertiary/aromatic N) is 2. The molecule has 3 heteroatoms. The van der Waals surface area contributed by atoms with Crippen LogP contribution in [0.5, 0.6) is 0 Å². The van der Waals surface area contributed by atoms with E-state index < -0.39 is 0 Å². The zero-order chi connectivity index (χ0) is 13.9. The summed E-state index contributed by atoms with van der Waals surface area (Å²) >= 11 is 0. The summed E-state index contributed by atoms with van der Waals surface area (Å²) in [6.45, 7) is 13.3. The SMILES string of the molecule is CC(C)CNCCCCCCN1CCCN(C)CC1. The normalized spacial score (nSPS) is 18.9. The molecule has 0 unspecified atom stereocenters. The molecule has 0 aromatic carbocycles. The number of rotatable bonds is 9. The molecule has 0 aromatic rings. The van der Waals surface area contributed by atoms with Crippen LogP contribution in [0.2, 0.25) is 0 Å². The van der Waals surface area contributed by atoms with Gasteiger partial charge in [-0.25, -0.2) is 0 Å². The topological polar surface area (TPSA) is 18.5 Å². The Bertz CT molecular complexity index is 206. The van der Waals surface area contributed by atoms with E-state index in [1.54, 1.807) is 0 Å². The Morgan fingerprint density at radius 1 is 0.947 bits per heavy atom. The summed E-state index contributed by atoms with van der Waals surface area (Å²) in [7, 11) is 2.24. The van der Waals surface area contributed by atoms with Crippen molar-refractivity contribution in [1.82, 2.24) is 15.1 Å². The summed E-state index contributed by atoms with van der Waals surface area (Å²) in [5.41, 5.74) is 0. The zero-order valence-corrected chi connectivity index (χ0v) is 13.5. The van der Waals surface area contributed by atoms with Crippen LogP contribution in [-0.4, -0.2) is 62.7 Å². The second-order valence-electron chi connectivity index (χ2n) is 6.51. The van der Waals surface area contributed by atoms with Gasteiger partial charge in [-0.05, 0) is 65.0 Å². The van der Waals surface area contributed by atoms with Crippen molar-refractivity contribution >= 4 is 0 Å². The van der Waals surface area contributed by atoms with Crippen molar-refractivity contribution in [3.05, 3.63) is 0 Å². The van der Waals surface area contributed by atoms with E-state index in [0.717, 1.165) is 5.92 Å². The number of unbranched alkanes of at least 4 members (excludes halogenated alkanes) is 3. The molecular weight excluding hydrogens is 234 g/mol. The van der Waals surface area contributed by atoms with Crippen LogP contribution in [0.15, 0.2) is 0 Å². The summed E-state index contributed by atoms with van der Waals surface area (Å²) in [6, 6.07) is 0. The summed E-state index contributed by atoms with van der Waals surface area (Å²) in [4.78, 5) is 5.11. The highest BCUT2D eigenvalue weighted by atomic mass is 15.2. The molecule has 114 valence electrons. The lowest BCUT2D eigenvalue weighted by Gasteiger charge is -2.19. The molecule has 0 aromatic heterocycles. The third-order valence-electron chi connectivity index (χ3n) is 3.94. The van der Waals surface area contributed by atoms with Gasteiger partial charge in [-0.3, -0.25) is 0 Å². The first-order chi connectivity index (χ1) is 9.18. The summed E-state index contributed by atoms with van der Waals surface area (Å²) in [5, 5.41) is 3.52. The van der Waals surface area contributed by atoms with Crippen molar-refractivity contribution in [2.24, 2.45) is 5.92 Å². The molecule has 1 N–H and O–H groups in total. The molecule has 1 heterocycles. The first kappa shape index (κ1) is 16.9. The van der Waals surface area contributed by atoms with Gasteiger partial charge in [0.05, 0.1) is 0 Å². The summed E-state index contributed by atoms with van der Waals surface area (Å²) in [5.74, 6) is 0.779. The molecule has 0 amide bonds. The standard InChI is InChI=1S/C16H35N3/c1-16(2)15-17-9-6-4-5-7-11-19-12-8-10-18(3)13-14-19/h16-17H,4-15H2,1-3H3. The molecular formula is C16H35N3. The van der Waals surface area contributed by atoms with E-state index in [9.17, 15) is 0 Å². The second-order valence-corrected chi connectivity index (χ2v) is 6.51. The molecule has 19 heavy (non-hydrogen) atoms. The van der Waals surface area contributed by atoms with Gasteiger partial charge in [-0.1, -0.05) is 26.7 Å². The van der Waals surface area contributed by atoms with E-state index in [1.165, 1.54) is 77.9 Å². The smallest absolute Gasteiger partial charge is 0.0109 e. The van der Waals surface area contributed by atoms with Gasteiger partial charge in [0.2, 0.25) is 0 Å². The van der Waals surface area contributed by atoms with Gasteiger partial charge in [0.1, 0.15) is 0 Å². The third-order valence-corrected chi connectivity index (χ3v) is 3.94. The number of likely N-dealkylation sites (N-methyl/N-ethyl adjacent to an activating group) is 1. The van der Waals surface area contributed by atoms with Gasteiger partial charge in [-0.2, -0.15) is 0 Å². The van der Waals surface area contributed by atoms with Gasteiger partial charge < -0.3 is 15.1 Å². The minimum Gasteiger partial charge on any atom is -0.316 e.